The minimum absolute atomic E-state index is 0.112. The van der Waals surface area contributed by atoms with Gasteiger partial charge in [0, 0.05) is 13.3 Å². The van der Waals surface area contributed by atoms with Crippen LogP contribution in [0.25, 0.3) is 0 Å². The summed E-state index contributed by atoms with van der Waals surface area (Å²) in [5, 5.41) is 0. The minimum Gasteiger partial charge on any atom is -0.459 e. The lowest BCUT2D eigenvalue weighted by Crippen LogP contribution is -2.52. The lowest BCUT2D eigenvalue weighted by molar-refractivity contribution is -0.286. The first-order valence-corrected chi connectivity index (χ1v) is 9.43. The first-order chi connectivity index (χ1) is 13.4. The fourth-order valence-electron chi connectivity index (χ4n) is 3.25. The van der Waals surface area contributed by atoms with Crippen LogP contribution in [0.4, 0.5) is 0 Å². The fraction of sp³-hybridized carbons (Fsp3) is 0.524. The second-order valence-electron chi connectivity index (χ2n) is 6.96. The molecule has 0 saturated carbocycles. The van der Waals surface area contributed by atoms with Crippen molar-refractivity contribution in [3.05, 3.63) is 48.0 Å². The molecule has 0 aliphatic carbocycles. The number of esters is 1. The van der Waals surface area contributed by atoms with E-state index in [9.17, 15) is 9.59 Å². The predicted octanol–water partition coefficient (Wildman–Crippen LogP) is 2.53. The van der Waals surface area contributed by atoms with E-state index in [4.69, 9.17) is 23.7 Å². The predicted molar refractivity (Wildman–Crippen MR) is 99.1 cm³/mol. The molecule has 2 heterocycles. The van der Waals surface area contributed by atoms with Crippen molar-refractivity contribution in [3.8, 4) is 0 Å². The van der Waals surface area contributed by atoms with Gasteiger partial charge in [0.2, 0.25) is 0 Å². The van der Waals surface area contributed by atoms with Gasteiger partial charge in [-0.3, -0.25) is 9.59 Å². The normalized spacial score (nSPS) is 32.9. The van der Waals surface area contributed by atoms with E-state index >= 15 is 0 Å². The van der Waals surface area contributed by atoms with Crippen molar-refractivity contribution in [2.24, 2.45) is 0 Å². The molecule has 28 heavy (non-hydrogen) atoms. The van der Waals surface area contributed by atoms with Crippen LogP contribution in [0.1, 0.15) is 32.8 Å². The average Bonchev–Trinajstić information content (AvgIpc) is 2.66. The van der Waals surface area contributed by atoms with Gasteiger partial charge in [0.05, 0.1) is 12.7 Å². The summed E-state index contributed by atoms with van der Waals surface area (Å²) >= 11 is 0. The van der Waals surface area contributed by atoms with E-state index in [0.717, 1.165) is 5.56 Å². The summed E-state index contributed by atoms with van der Waals surface area (Å²) < 4.78 is 28.8. The highest BCUT2D eigenvalue weighted by Crippen LogP contribution is 2.28. The van der Waals surface area contributed by atoms with E-state index < -0.39 is 43.0 Å². The van der Waals surface area contributed by atoms with Crippen LogP contribution in [0, 0.1) is 0 Å². The smallest absolute Gasteiger partial charge is 0.302 e. The van der Waals surface area contributed by atoms with E-state index in [2.05, 4.69) is 0 Å². The summed E-state index contributed by atoms with van der Waals surface area (Å²) in [6, 6.07) is 9.77. The third kappa shape index (κ3) is 5.48. The van der Waals surface area contributed by atoms with Gasteiger partial charge < -0.3 is 23.7 Å². The maximum atomic E-state index is 11.6. The molecule has 0 unspecified atom stereocenters. The van der Waals surface area contributed by atoms with Crippen LogP contribution in [-0.4, -0.2) is 48.7 Å². The standard InChI is InChI=1S/C21H26O7/c1-13-17(23)9-10-19(25-13)28-21-14(2)26-20(11-18(21)27-15(3)22)24-12-16-7-5-4-6-8-16/h4-10,13-14,18-21H,11-12H2,1-3H3/t13-,14-,18+,19+,20-,21-/m1/s1. The maximum Gasteiger partial charge on any atom is 0.302 e. The van der Waals surface area contributed by atoms with Gasteiger partial charge in [0.1, 0.15) is 18.3 Å². The highest BCUT2D eigenvalue weighted by molar-refractivity contribution is 5.93. The number of hydrogen-bond acceptors (Lipinski definition) is 7. The monoisotopic (exact) mass is 390 g/mol. The van der Waals surface area contributed by atoms with Crippen LogP contribution in [-0.2, 0) is 39.9 Å². The average molecular weight is 390 g/mol. The molecule has 0 spiro atoms. The van der Waals surface area contributed by atoms with Crippen LogP contribution in [0.2, 0.25) is 0 Å². The summed E-state index contributed by atoms with van der Waals surface area (Å²) in [5.41, 5.74) is 1.03. The number of rotatable bonds is 6. The van der Waals surface area contributed by atoms with E-state index in [1.54, 1.807) is 13.0 Å². The first-order valence-electron chi connectivity index (χ1n) is 9.43. The minimum atomic E-state index is -0.705. The van der Waals surface area contributed by atoms with Crippen molar-refractivity contribution < 1.29 is 33.3 Å². The van der Waals surface area contributed by atoms with Gasteiger partial charge in [-0.25, -0.2) is 0 Å². The van der Waals surface area contributed by atoms with Crippen LogP contribution in [0.5, 0.6) is 0 Å². The summed E-state index contributed by atoms with van der Waals surface area (Å²) in [7, 11) is 0. The molecule has 0 N–H and O–H groups in total. The van der Waals surface area contributed by atoms with Crippen molar-refractivity contribution in [1.29, 1.82) is 0 Å². The van der Waals surface area contributed by atoms with Gasteiger partial charge in [-0.15, -0.1) is 0 Å². The fourth-order valence-corrected chi connectivity index (χ4v) is 3.25. The molecule has 6 atom stereocenters. The molecule has 3 rings (SSSR count). The molecule has 0 aromatic heterocycles. The van der Waals surface area contributed by atoms with Crippen LogP contribution < -0.4 is 0 Å². The second kappa shape index (κ2) is 9.43. The Labute approximate surface area is 164 Å². The number of benzene rings is 1. The molecule has 1 fully saturated rings. The second-order valence-corrected chi connectivity index (χ2v) is 6.96. The van der Waals surface area contributed by atoms with Crippen molar-refractivity contribution in [2.75, 3.05) is 0 Å². The van der Waals surface area contributed by atoms with Crippen molar-refractivity contribution >= 4 is 11.8 Å². The van der Waals surface area contributed by atoms with Crippen molar-refractivity contribution in [3.63, 3.8) is 0 Å². The van der Waals surface area contributed by atoms with Crippen molar-refractivity contribution in [2.45, 2.75) is 70.8 Å². The molecular formula is C21H26O7. The maximum absolute atomic E-state index is 11.6. The van der Waals surface area contributed by atoms with Crippen LogP contribution >= 0.6 is 0 Å². The Bertz CT molecular complexity index is 702. The largest absolute Gasteiger partial charge is 0.459 e. The Morgan fingerprint density at radius 1 is 1.18 bits per heavy atom. The Morgan fingerprint density at radius 3 is 2.61 bits per heavy atom. The molecule has 152 valence electrons. The number of ether oxygens (including phenoxy) is 5. The summed E-state index contributed by atoms with van der Waals surface area (Å²) in [5.74, 6) is -0.517. The molecule has 2 aliphatic heterocycles. The zero-order valence-electron chi connectivity index (χ0n) is 16.3. The van der Waals surface area contributed by atoms with Crippen molar-refractivity contribution in [1.82, 2.24) is 0 Å². The van der Waals surface area contributed by atoms with Gasteiger partial charge in [0.25, 0.3) is 0 Å². The number of hydrogen-bond donors (Lipinski definition) is 0. The molecular weight excluding hydrogens is 364 g/mol. The Morgan fingerprint density at radius 2 is 1.93 bits per heavy atom. The van der Waals surface area contributed by atoms with E-state index in [-0.39, 0.29) is 5.78 Å². The SMILES string of the molecule is CC(=O)O[C@H]1C[C@H](OCc2ccccc2)O[C@H](C)[C@H]1O[C@H]1C=CC(=O)[C@@H](C)O1. The zero-order chi connectivity index (χ0) is 20.1. The molecule has 7 heteroatoms. The van der Waals surface area contributed by atoms with Gasteiger partial charge in [-0.1, -0.05) is 30.3 Å². The number of carbonyl (C=O) groups excluding carboxylic acids is 2. The van der Waals surface area contributed by atoms with E-state index in [0.29, 0.717) is 13.0 Å². The third-order valence-electron chi connectivity index (χ3n) is 4.66. The molecule has 0 bridgehead atoms. The summed E-state index contributed by atoms with van der Waals surface area (Å²) in [6.07, 6.45) is 0.0332. The number of carbonyl (C=O) groups is 2. The van der Waals surface area contributed by atoms with Gasteiger partial charge in [-0.05, 0) is 31.6 Å². The Hall–Kier alpha value is -2.06. The van der Waals surface area contributed by atoms with Gasteiger partial charge in [0.15, 0.2) is 18.4 Å². The zero-order valence-corrected chi connectivity index (χ0v) is 16.3. The lowest BCUT2D eigenvalue weighted by atomic mass is 10.0. The molecule has 1 aromatic rings. The van der Waals surface area contributed by atoms with Gasteiger partial charge in [-0.2, -0.15) is 0 Å². The summed E-state index contributed by atoms with van der Waals surface area (Å²) in [6.45, 7) is 5.25. The molecule has 1 saturated heterocycles. The highest BCUT2D eigenvalue weighted by atomic mass is 16.7. The van der Waals surface area contributed by atoms with E-state index in [1.807, 2.05) is 37.3 Å². The molecule has 2 aliphatic rings. The quantitative estimate of drug-likeness (QED) is 0.691. The number of ketones is 1. The topological polar surface area (TPSA) is 80.3 Å². The molecule has 7 nitrogen and oxygen atoms in total. The lowest BCUT2D eigenvalue weighted by Gasteiger charge is -2.41. The Balaban J connectivity index is 1.63. The highest BCUT2D eigenvalue weighted by Gasteiger charge is 2.41. The van der Waals surface area contributed by atoms with Gasteiger partial charge >= 0.3 is 5.97 Å². The van der Waals surface area contributed by atoms with Crippen LogP contribution in [0.3, 0.4) is 0 Å². The molecule has 1 aromatic carbocycles. The van der Waals surface area contributed by atoms with E-state index in [1.165, 1.54) is 13.0 Å². The summed E-state index contributed by atoms with van der Waals surface area (Å²) in [4.78, 5) is 23.1. The van der Waals surface area contributed by atoms with Crippen LogP contribution in [0.15, 0.2) is 42.5 Å². The molecule has 0 amide bonds. The molecule has 0 radical (unpaired) electrons. The first kappa shape index (κ1) is 20.7. The Kier molecular flexibility index (Phi) is 6.96. The third-order valence-corrected chi connectivity index (χ3v) is 4.66.